The van der Waals surface area contributed by atoms with E-state index in [4.69, 9.17) is 4.74 Å². The lowest BCUT2D eigenvalue weighted by Gasteiger charge is -2.34. The lowest BCUT2D eigenvalue weighted by atomic mass is 10.0. The Labute approximate surface area is 136 Å². The molecule has 2 aromatic rings. The van der Waals surface area contributed by atoms with Crippen LogP contribution in [0.2, 0.25) is 0 Å². The van der Waals surface area contributed by atoms with E-state index >= 15 is 0 Å². The van der Waals surface area contributed by atoms with Crippen LogP contribution in [0.4, 0.5) is 5.82 Å². The molecule has 1 amide bonds. The summed E-state index contributed by atoms with van der Waals surface area (Å²) in [6.45, 7) is 1.76. The Balaban J connectivity index is 1.64. The molecule has 1 saturated heterocycles. The average molecular weight is 311 g/mol. The van der Waals surface area contributed by atoms with Crippen LogP contribution in [0.5, 0.6) is 5.75 Å². The third-order valence-corrected chi connectivity index (χ3v) is 4.06. The summed E-state index contributed by atoms with van der Waals surface area (Å²) < 4.78 is 5.17. The van der Waals surface area contributed by atoms with Gasteiger partial charge in [0.1, 0.15) is 11.6 Å². The Morgan fingerprint density at radius 3 is 3.00 bits per heavy atom. The van der Waals surface area contributed by atoms with Crippen molar-refractivity contribution in [2.45, 2.75) is 18.9 Å². The molecule has 1 aliphatic rings. The van der Waals surface area contributed by atoms with Crippen LogP contribution in [0.25, 0.3) is 0 Å². The zero-order valence-corrected chi connectivity index (χ0v) is 13.2. The minimum atomic E-state index is -0.0585. The molecule has 1 fully saturated rings. The Morgan fingerprint density at radius 2 is 2.22 bits per heavy atom. The number of nitrogens with zero attached hydrogens (tertiary/aromatic N) is 2. The number of piperidine rings is 1. The van der Waals surface area contributed by atoms with Crippen molar-refractivity contribution < 1.29 is 9.53 Å². The summed E-state index contributed by atoms with van der Waals surface area (Å²) in [4.78, 5) is 19.0. The first-order valence-electron chi connectivity index (χ1n) is 7.87. The summed E-state index contributed by atoms with van der Waals surface area (Å²) in [6, 6.07) is 13.3. The maximum Gasteiger partial charge on any atom is 0.251 e. The molecule has 5 nitrogen and oxygen atoms in total. The van der Waals surface area contributed by atoms with E-state index in [1.54, 1.807) is 25.4 Å². The van der Waals surface area contributed by atoms with Gasteiger partial charge in [0.15, 0.2) is 0 Å². The van der Waals surface area contributed by atoms with Gasteiger partial charge in [-0.25, -0.2) is 4.98 Å². The number of pyridine rings is 1. The molecule has 5 heteroatoms. The van der Waals surface area contributed by atoms with Crippen molar-refractivity contribution in [2.75, 3.05) is 25.1 Å². The molecule has 0 radical (unpaired) electrons. The molecule has 1 aliphatic heterocycles. The molecule has 1 aromatic heterocycles. The van der Waals surface area contributed by atoms with E-state index in [0.29, 0.717) is 11.3 Å². The SMILES string of the molecule is COc1cccc(C(=O)N[C@H]2CCCN(c3ccccn3)C2)c1. The van der Waals surface area contributed by atoms with Crippen LogP contribution in [-0.4, -0.2) is 37.1 Å². The van der Waals surface area contributed by atoms with E-state index in [2.05, 4.69) is 15.2 Å². The molecule has 1 N–H and O–H groups in total. The summed E-state index contributed by atoms with van der Waals surface area (Å²) in [6.07, 6.45) is 3.83. The van der Waals surface area contributed by atoms with E-state index < -0.39 is 0 Å². The van der Waals surface area contributed by atoms with E-state index in [9.17, 15) is 4.79 Å². The lowest BCUT2D eigenvalue weighted by molar-refractivity contribution is 0.0932. The van der Waals surface area contributed by atoms with Crippen molar-refractivity contribution in [1.82, 2.24) is 10.3 Å². The summed E-state index contributed by atoms with van der Waals surface area (Å²) in [5, 5.41) is 3.12. The molecule has 2 heterocycles. The fourth-order valence-corrected chi connectivity index (χ4v) is 2.88. The summed E-state index contributed by atoms with van der Waals surface area (Å²) in [7, 11) is 1.60. The number of hydrogen-bond acceptors (Lipinski definition) is 4. The minimum Gasteiger partial charge on any atom is -0.497 e. The highest BCUT2D eigenvalue weighted by molar-refractivity contribution is 5.94. The van der Waals surface area contributed by atoms with Crippen molar-refractivity contribution >= 4 is 11.7 Å². The summed E-state index contributed by atoms with van der Waals surface area (Å²) >= 11 is 0. The maximum absolute atomic E-state index is 12.4. The van der Waals surface area contributed by atoms with Crippen LogP contribution in [0, 0.1) is 0 Å². The molecule has 0 aliphatic carbocycles. The van der Waals surface area contributed by atoms with Gasteiger partial charge in [0, 0.05) is 30.9 Å². The standard InChI is InChI=1S/C18H21N3O2/c1-23-16-8-4-6-14(12-16)18(22)20-15-7-5-11-21(13-15)17-9-2-3-10-19-17/h2-4,6,8-10,12,15H,5,7,11,13H2,1H3,(H,20,22)/t15-/m0/s1. The van der Waals surface area contributed by atoms with Crippen LogP contribution in [0.1, 0.15) is 23.2 Å². The lowest BCUT2D eigenvalue weighted by Crippen LogP contribution is -2.48. The number of carbonyl (C=O) groups excluding carboxylic acids is 1. The van der Waals surface area contributed by atoms with Gasteiger partial charge in [0.25, 0.3) is 5.91 Å². The van der Waals surface area contributed by atoms with Crippen LogP contribution < -0.4 is 15.0 Å². The predicted octanol–water partition coefficient (Wildman–Crippen LogP) is 2.49. The van der Waals surface area contributed by atoms with E-state index in [0.717, 1.165) is 31.7 Å². The summed E-state index contributed by atoms with van der Waals surface area (Å²) in [5.74, 6) is 1.60. The molecule has 120 valence electrons. The molecule has 1 aromatic carbocycles. The molecule has 23 heavy (non-hydrogen) atoms. The van der Waals surface area contributed by atoms with Crippen LogP contribution in [0.3, 0.4) is 0 Å². The summed E-state index contributed by atoms with van der Waals surface area (Å²) in [5.41, 5.74) is 0.624. The van der Waals surface area contributed by atoms with Crippen molar-refractivity contribution in [1.29, 1.82) is 0 Å². The Kier molecular flexibility index (Phi) is 4.76. The van der Waals surface area contributed by atoms with Gasteiger partial charge in [-0.2, -0.15) is 0 Å². The second kappa shape index (κ2) is 7.13. The quantitative estimate of drug-likeness (QED) is 0.942. The Bertz CT molecular complexity index is 660. The highest BCUT2D eigenvalue weighted by Gasteiger charge is 2.22. The van der Waals surface area contributed by atoms with Gasteiger partial charge in [0.05, 0.1) is 7.11 Å². The molecule has 1 atom stereocenters. The molecule has 3 rings (SSSR count). The number of anilines is 1. The van der Waals surface area contributed by atoms with Gasteiger partial charge >= 0.3 is 0 Å². The zero-order valence-electron chi connectivity index (χ0n) is 13.2. The number of ether oxygens (including phenoxy) is 1. The molecule has 0 bridgehead atoms. The highest BCUT2D eigenvalue weighted by atomic mass is 16.5. The van der Waals surface area contributed by atoms with E-state index in [1.165, 1.54) is 0 Å². The van der Waals surface area contributed by atoms with E-state index in [-0.39, 0.29) is 11.9 Å². The van der Waals surface area contributed by atoms with Crippen molar-refractivity contribution in [3.8, 4) is 5.75 Å². The molecular weight excluding hydrogens is 290 g/mol. The molecule has 0 unspecified atom stereocenters. The fraction of sp³-hybridized carbons (Fsp3) is 0.333. The van der Waals surface area contributed by atoms with Gasteiger partial charge in [0.2, 0.25) is 0 Å². The van der Waals surface area contributed by atoms with Gasteiger partial charge in [-0.05, 0) is 43.2 Å². The monoisotopic (exact) mass is 311 g/mol. The van der Waals surface area contributed by atoms with Crippen molar-refractivity contribution in [3.05, 3.63) is 54.2 Å². The topological polar surface area (TPSA) is 54.5 Å². The van der Waals surface area contributed by atoms with Crippen LogP contribution in [0.15, 0.2) is 48.7 Å². The number of hydrogen-bond donors (Lipinski definition) is 1. The third-order valence-electron chi connectivity index (χ3n) is 4.06. The maximum atomic E-state index is 12.4. The second-order valence-corrected chi connectivity index (χ2v) is 5.68. The average Bonchev–Trinajstić information content (AvgIpc) is 2.63. The first-order valence-corrected chi connectivity index (χ1v) is 7.87. The van der Waals surface area contributed by atoms with Crippen LogP contribution >= 0.6 is 0 Å². The molecule has 0 saturated carbocycles. The third kappa shape index (κ3) is 3.80. The number of aromatic nitrogens is 1. The number of carbonyl (C=O) groups is 1. The zero-order chi connectivity index (χ0) is 16.1. The molecule has 0 spiro atoms. The van der Waals surface area contributed by atoms with Crippen LogP contribution in [-0.2, 0) is 0 Å². The highest BCUT2D eigenvalue weighted by Crippen LogP contribution is 2.18. The van der Waals surface area contributed by atoms with E-state index in [1.807, 2.05) is 30.3 Å². The first kappa shape index (κ1) is 15.3. The fourth-order valence-electron chi connectivity index (χ4n) is 2.88. The number of nitrogens with one attached hydrogen (secondary N) is 1. The number of rotatable bonds is 4. The van der Waals surface area contributed by atoms with Gasteiger partial charge in [-0.1, -0.05) is 12.1 Å². The second-order valence-electron chi connectivity index (χ2n) is 5.68. The number of amides is 1. The smallest absolute Gasteiger partial charge is 0.251 e. The van der Waals surface area contributed by atoms with Gasteiger partial charge in [-0.3, -0.25) is 4.79 Å². The van der Waals surface area contributed by atoms with Crippen molar-refractivity contribution in [2.24, 2.45) is 0 Å². The van der Waals surface area contributed by atoms with Crippen molar-refractivity contribution in [3.63, 3.8) is 0 Å². The van der Waals surface area contributed by atoms with Gasteiger partial charge < -0.3 is 15.0 Å². The largest absolute Gasteiger partial charge is 0.497 e. The Hall–Kier alpha value is -2.56. The predicted molar refractivity (Wildman–Crippen MR) is 89.9 cm³/mol. The normalized spacial score (nSPS) is 17.6. The number of methoxy groups -OCH3 is 1. The van der Waals surface area contributed by atoms with Gasteiger partial charge in [-0.15, -0.1) is 0 Å². The number of benzene rings is 1. The minimum absolute atomic E-state index is 0.0585. The first-order chi connectivity index (χ1) is 11.3. The molecular formula is C18H21N3O2. The Morgan fingerprint density at radius 1 is 1.30 bits per heavy atom.